The van der Waals surface area contributed by atoms with Gasteiger partial charge >= 0.3 is 0 Å². The van der Waals surface area contributed by atoms with Gasteiger partial charge in [0.1, 0.15) is 0 Å². The topological polar surface area (TPSA) is 0 Å². The summed E-state index contributed by atoms with van der Waals surface area (Å²) in [6, 6.07) is 0. The van der Waals surface area contributed by atoms with Crippen molar-refractivity contribution in [3.05, 3.63) is 36.1 Å². The first-order valence-electron chi connectivity index (χ1n) is 3.08. The molecule has 9 heavy (non-hydrogen) atoms. The lowest BCUT2D eigenvalue weighted by Crippen LogP contribution is -1.91. The SMILES string of the molecule is C[Si]1=C/C=C\C=C/C=C\1. The minimum Gasteiger partial charge on any atom is -0.0780 e. The van der Waals surface area contributed by atoms with Crippen molar-refractivity contribution in [3.63, 3.8) is 0 Å². The number of hydrogen-bond acceptors (Lipinski definition) is 0. The van der Waals surface area contributed by atoms with Gasteiger partial charge in [0.15, 0.2) is 0 Å². The average molecular weight is 134 g/mol. The van der Waals surface area contributed by atoms with Crippen molar-refractivity contribution in [2.24, 2.45) is 0 Å². The van der Waals surface area contributed by atoms with Gasteiger partial charge in [0.2, 0.25) is 0 Å². The average Bonchev–Trinajstić information content (AvgIpc) is 1.79. The Hall–Kier alpha value is -0.693. The van der Waals surface area contributed by atoms with Gasteiger partial charge in [-0.05, 0) is 0 Å². The van der Waals surface area contributed by atoms with Crippen LogP contribution >= 0.6 is 0 Å². The Bertz CT molecular complexity index is 195. The van der Waals surface area contributed by atoms with Crippen molar-refractivity contribution in [1.29, 1.82) is 0 Å². The van der Waals surface area contributed by atoms with E-state index in [-0.39, 0.29) is 8.41 Å². The Balaban J connectivity index is 2.77. The number of rotatable bonds is 0. The Morgan fingerprint density at radius 1 is 0.889 bits per heavy atom. The van der Waals surface area contributed by atoms with Crippen LogP contribution in [0.3, 0.4) is 0 Å². The van der Waals surface area contributed by atoms with Gasteiger partial charge in [-0.1, -0.05) is 48.3 Å². The first-order valence-corrected chi connectivity index (χ1v) is 5.23. The summed E-state index contributed by atoms with van der Waals surface area (Å²) in [5, 5.41) is 0. The van der Waals surface area contributed by atoms with Crippen LogP contribution in [0.1, 0.15) is 0 Å². The normalized spacial score (nSPS) is 33.2. The third-order valence-electron chi connectivity index (χ3n) is 1.16. The van der Waals surface area contributed by atoms with E-state index in [1.54, 1.807) is 0 Å². The fraction of sp³-hybridized carbons (Fsp3) is 0.125. The van der Waals surface area contributed by atoms with E-state index in [1.165, 1.54) is 0 Å². The Kier molecular flexibility index (Phi) is 2.40. The van der Waals surface area contributed by atoms with E-state index in [0.717, 1.165) is 0 Å². The number of allylic oxidation sites excluding steroid dienone is 5. The van der Waals surface area contributed by atoms with E-state index in [1.807, 2.05) is 6.08 Å². The van der Waals surface area contributed by atoms with Crippen LogP contribution in [-0.2, 0) is 0 Å². The summed E-state index contributed by atoms with van der Waals surface area (Å²) in [6.45, 7) is 2.27. The van der Waals surface area contributed by atoms with Crippen LogP contribution in [-0.4, -0.2) is 14.1 Å². The van der Waals surface area contributed by atoms with Crippen LogP contribution in [0.5, 0.6) is 0 Å². The molecule has 0 saturated heterocycles. The maximum absolute atomic E-state index is 2.27. The second-order valence-corrected chi connectivity index (χ2v) is 4.19. The fourth-order valence-corrected chi connectivity index (χ4v) is 1.60. The molecular weight excluding hydrogens is 124 g/mol. The highest BCUT2D eigenvalue weighted by Gasteiger charge is 1.78. The monoisotopic (exact) mass is 134 g/mol. The molecule has 0 nitrogen and oxygen atoms in total. The molecule has 0 spiro atoms. The molecular formula is C8H10Si. The van der Waals surface area contributed by atoms with Gasteiger partial charge in [-0.25, -0.2) is 0 Å². The van der Waals surface area contributed by atoms with Crippen molar-refractivity contribution in [3.8, 4) is 0 Å². The van der Waals surface area contributed by atoms with Crippen LogP contribution in [0.25, 0.3) is 0 Å². The smallest absolute Gasteiger partial charge is 0.0336 e. The summed E-state index contributed by atoms with van der Waals surface area (Å²) in [6.07, 6.45) is 10.4. The Labute approximate surface area is 57.4 Å². The molecule has 0 radical (unpaired) electrons. The molecule has 0 aromatic heterocycles. The molecule has 0 aliphatic carbocycles. The minimum absolute atomic E-state index is 0.296. The molecule has 1 aliphatic heterocycles. The largest absolute Gasteiger partial charge is 0.0780 e. The zero-order chi connectivity index (χ0) is 6.53. The summed E-state index contributed by atoms with van der Waals surface area (Å²) in [7, 11) is -0.296. The zero-order valence-electron chi connectivity index (χ0n) is 5.54. The highest BCUT2D eigenvalue weighted by molar-refractivity contribution is 6.70. The molecule has 0 amide bonds. The molecule has 1 rings (SSSR count). The zero-order valence-corrected chi connectivity index (χ0v) is 6.54. The first-order chi connectivity index (χ1) is 4.39. The van der Waals surface area contributed by atoms with Gasteiger partial charge in [0.05, 0.1) is 0 Å². The van der Waals surface area contributed by atoms with E-state index in [9.17, 15) is 0 Å². The lowest BCUT2D eigenvalue weighted by molar-refractivity contribution is 1.93. The highest BCUT2D eigenvalue weighted by atomic mass is 28.2. The lowest BCUT2D eigenvalue weighted by atomic mass is 10.4. The molecule has 1 aliphatic rings. The summed E-state index contributed by atoms with van der Waals surface area (Å²) < 4.78 is 0. The van der Waals surface area contributed by atoms with Crippen LogP contribution < -0.4 is 0 Å². The summed E-state index contributed by atoms with van der Waals surface area (Å²) >= 11 is 0. The fourth-order valence-electron chi connectivity index (χ4n) is 0.663. The highest BCUT2D eigenvalue weighted by Crippen LogP contribution is 1.84. The van der Waals surface area contributed by atoms with E-state index >= 15 is 0 Å². The molecule has 0 aromatic rings. The van der Waals surface area contributed by atoms with E-state index < -0.39 is 0 Å². The molecule has 0 aromatic carbocycles. The van der Waals surface area contributed by atoms with Gasteiger partial charge in [-0.15, -0.1) is 0 Å². The van der Waals surface area contributed by atoms with Gasteiger partial charge < -0.3 is 0 Å². The van der Waals surface area contributed by atoms with Crippen molar-refractivity contribution in [1.82, 2.24) is 0 Å². The molecule has 46 valence electrons. The van der Waals surface area contributed by atoms with Crippen molar-refractivity contribution >= 4 is 14.1 Å². The van der Waals surface area contributed by atoms with Gasteiger partial charge in [-0.3, -0.25) is 0 Å². The van der Waals surface area contributed by atoms with Gasteiger partial charge in [0, 0.05) is 8.41 Å². The summed E-state index contributed by atoms with van der Waals surface area (Å²) in [4.78, 5) is 0. The van der Waals surface area contributed by atoms with Crippen LogP contribution in [0, 0.1) is 0 Å². The minimum atomic E-state index is -0.296. The second kappa shape index (κ2) is 3.36. The summed E-state index contributed by atoms with van der Waals surface area (Å²) in [5.41, 5.74) is 4.54. The van der Waals surface area contributed by atoms with Crippen LogP contribution in [0.2, 0.25) is 6.55 Å². The molecule has 0 N–H and O–H groups in total. The van der Waals surface area contributed by atoms with Crippen LogP contribution in [0.15, 0.2) is 36.1 Å². The molecule has 0 atom stereocenters. The van der Waals surface area contributed by atoms with Crippen molar-refractivity contribution in [2.45, 2.75) is 6.55 Å². The third-order valence-corrected chi connectivity index (χ3v) is 2.60. The van der Waals surface area contributed by atoms with Crippen LogP contribution in [0.4, 0.5) is 0 Å². The summed E-state index contributed by atoms with van der Waals surface area (Å²) in [5.74, 6) is 0. The molecule has 1 heterocycles. The molecule has 0 saturated carbocycles. The number of hydrogen-bond donors (Lipinski definition) is 0. The van der Waals surface area contributed by atoms with Gasteiger partial charge in [0.25, 0.3) is 0 Å². The predicted octanol–water partition coefficient (Wildman–Crippen LogP) is 1.72. The van der Waals surface area contributed by atoms with Crippen molar-refractivity contribution < 1.29 is 0 Å². The van der Waals surface area contributed by atoms with E-state index in [0.29, 0.717) is 0 Å². The standard InChI is InChI=1S/C8H10Si/c1-9-7-5-3-2-4-6-8-9/h2-8H,1H3/b3-2-,4-2?,5-3?,6-4-,7-5-,8-6?,9-7?,9-8-. The van der Waals surface area contributed by atoms with E-state index in [2.05, 4.69) is 42.2 Å². The van der Waals surface area contributed by atoms with Gasteiger partial charge in [-0.2, -0.15) is 0 Å². The molecule has 0 bridgehead atoms. The quantitative estimate of drug-likeness (QED) is 0.442. The van der Waals surface area contributed by atoms with E-state index in [4.69, 9.17) is 0 Å². The Morgan fingerprint density at radius 2 is 1.56 bits per heavy atom. The van der Waals surface area contributed by atoms with Crippen molar-refractivity contribution in [2.75, 3.05) is 0 Å². The third kappa shape index (κ3) is 2.38. The maximum atomic E-state index is 2.27. The molecule has 0 fully saturated rings. The second-order valence-electron chi connectivity index (χ2n) is 2.04. The molecule has 1 heteroatoms. The Morgan fingerprint density at radius 3 is 2.44 bits per heavy atom. The predicted molar refractivity (Wildman–Crippen MR) is 45.1 cm³/mol. The lowest BCUT2D eigenvalue weighted by Gasteiger charge is -1.86. The first kappa shape index (κ1) is 6.43. The maximum Gasteiger partial charge on any atom is 0.0336 e. The molecule has 0 unspecified atom stereocenters.